The molecule has 0 radical (unpaired) electrons. The first-order valence-electron chi connectivity index (χ1n) is 8.06. The van der Waals surface area contributed by atoms with E-state index in [0.29, 0.717) is 18.8 Å². The summed E-state index contributed by atoms with van der Waals surface area (Å²) < 4.78 is 10.3. The summed E-state index contributed by atoms with van der Waals surface area (Å²) in [4.78, 5) is 24.2. The summed E-state index contributed by atoms with van der Waals surface area (Å²) in [5.74, 6) is -0.290. The fourth-order valence-corrected chi connectivity index (χ4v) is 3.40. The van der Waals surface area contributed by atoms with Crippen molar-refractivity contribution in [2.45, 2.75) is 32.2 Å². The molecule has 1 aromatic rings. The molecule has 0 amide bonds. The minimum Gasteiger partial charge on any atom is -0.464 e. The van der Waals surface area contributed by atoms with Gasteiger partial charge in [-0.25, -0.2) is 9.59 Å². The Hall–Kier alpha value is -2.30. The van der Waals surface area contributed by atoms with E-state index < -0.39 is 0 Å². The van der Waals surface area contributed by atoms with Crippen molar-refractivity contribution < 1.29 is 19.1 Å². The maximum atomic E-state index is 12.2. The third-order valence-corrected chi connectivity index (χ3v) is 4.41. The van der Waals surface area contributed by atoms with Gasteiger partial charge >= 0.3 is 11.9 Å². The first-order valence-corrected chi connectivity index (χ1v) is 8.06. The molecule has 1 N–H and O–H groups in total. The van der Waals surface area contributed by atoms with E-state index >= 15 is 0 Å². The monoisotopic (exact) mass is 315 g/mol. The van der Waals surface area contributed by atoms with Crippen LogP contribution in [-0.2, 0) is 14.3 Å². The Morgan fingerprint density at radius 2 is 2.00 bits per heavy atom. The van der Waals surface area contributed by atoms with Crippen LogP contribution in [0.25, 0.3) is 0 Å². The van der Waals surface area contributed by atoms with Gasteiger partial charge in [0.05, 0.1) is 18.8 Å². The average Bonchev–Trinajstić information content (AvgIpc) is 3.04. The van der Waals surface area contributed by atoms with Gasteiger partial charge in [-0.2, -0.15) is 0 Å². The van der Waals surface area contributed by atoms with Gasteiger partial charge in [-0.05, 0) is 44.0 Å². The van der Waals surface area contributed by atoms with Gasteiger partial charge in [0.1, 0.15) is 6.04 Å². The molecule has 0 saturated carbocycles. The highest BCUT2D eigenvalue weighted by molar-refractivity contribution is 5.91. The summed E-state index contributed by atoms with van der Waals surface area (Å²) >= 11 is 0. The number of hydrogen-bond acceptors (Lipinski definition) is 5. The van der Waals surface area contributed by atoms with E-state index in [0.717, 1.165) is 17.7 Å². The van der Waals surface area contributed by atoms with Crippen LogP contribution in [0, 0.1) is 5.92 Å². The number of carbonyl (C=O) groups is 2. The van der Waals surface area contributed by atoms with E-state index in [9.17, 15) is 9.59 Å². The second kappa shape index (κ2) is 6.44. The van der Waals surface area contributed by atoms with Gasteiger partial charge in [0.15, 0.2) is 0 Å². The molecule has 5 heteroatoms. The highest BCUT2D eigenvalue weighted by Crippen LogP contribution is 2.45. The molecule has 1 aliphatic heterocycles. The van der Waals surface area contributed by atoms with Gasteiger partial charge in [0.25, 0.3) is 0 Å². The van der Waals surface area contributed by atoms with Crippen molar-refractivity contribution in [3.63, 3.8) is 0 Å². The Balaban J connectivity index is 1.93. The molecule has 0 aromatic heterocycles. The zero-order chi connectivity index (χ0) is 16.4. The van der Waals surface area contributed by atoms with Crippen LogP contribution in [0.2, 0.25) is 0 Å². The summed E-state index contributed by atoms with van der Waals surface area (Å²) in [6, 6.07) is 5.09. The van der Waals surface area contributed by atoms with Crippen LogP contribution in [-0.4, -0.2) is 31.2 Å². The molecule has 1 aromatic carbocycles. The van der Waals surface area contributed by atoms with E-state index in [1.807, 2.05) is 19.1 Å². The fourth-order valence-electron chi connectivity index (χ4n) is 3.40. The molecule has 1 aliphatic carbocycles. The summed E-state index contributed by atoms with van der Waals surface area (Å²) in [6.45, 7) is 4.32. The Bertz CT molecular complexity index is 652. The minimum absolute atomic E-state index is 0.120. The number of esters is 2. The van der Waals surface area contributed by atoms with Crippen molar-refractivity contribution in [1.82, 2.24) is 0 Å². The predicted molar refractivity (Wildman–Crippen MR) is 86.4 cm³/mol. The molecule has 0 fully saturated rings. The van der Waals surface area contributed by atoms with Gasteiger partial charge in [0, 0.05) is 17.5 Å². The summed E-state index contributed by atoms with van der Waals surface area (Å²) in [5, 5.41) is 3.28. The largest absolute Gasteiger partial charge is 0.464 e. The van der Waals surface area contributed by atoms with Crippen LogP contribution < -0.4 is 5.32 Å². The standard InChI is InChI=1S/C18H21NO4/c1-3-22-17(20)11-8-9-15-14(10-11)12-6-5-7-13(12)16(19-15)18(21)23-4-2/h5-6,8-10,12-13,16,19H,3-4,7H2,1-2H3/t12-,13-,16+/m0/s1. The fraction of sp³-hybridized carbons (Fsp3) is 0.444. The van der Waals surface area contributed by atoms with E-state index in [2.05, 4.69) is 17.5 Å². The first-order chi connectivity index (χ1) is 11.2. The maximum absolute atomic E-state index is 12.2. The smallest absolute Gasteiger partial charge is 0.338 e. The van der Waals surface area contributed by atoms with Crippen LogP contribution in [0.3, 0.4) is 0 Å². The molecule has 122 valence electrons. The van der Waals surface area contributed by atoms with E-state index in [1.54, 1.807) is 13.0 Å². The second-order valence-electron chi connectivity index (χ2n) is 5.75. The van der Waals surface area contributed by atoms with Crippen LogP contribution in [0.5, 0.6) is 0 Å². The molecule has 0 bridgehead atoms. The third kappa shape index (κ3) is 2.83. The van der Waals surface area contributed by atoms with Crippen molar-refractivity contribution in [1.29, 1.82) is 0 Å². The molecule has 0 saturated heterocycles. The van der Waals surface area contributed by atoms with Crippen LogP contribution in [0.15, 0.2) is 30.4 Å². The Morgan fingerprint density at radius 1 is 1.22 bits per heavy atom. The summed E-state index contributed by atoms with van der Waals surface area (Å²) in [5.41, 5.74) is 2.46. The first kappa shape index (κ1) is 15.6. The number of rotatable bonds is 4. The quantitative estimate of drug-likeness (QED) is 0.683. The Morgan fingerprint density at radius 3 is 2.74 bits per heavy atom. The molecule has 2 aliphatic rings. The lowest BCUT2D eigenvalue weighted by molar-refractivity contribution is -0.145. The second-order valence-corrected chi connectivity index (χ2v) is 5.75. The lowest BCUT2D eigenvalue weighted by Gasteiger charge is -2.35. The molecular formula is C18H21NO4. The van der Waals surface area contributed by atoms with Gasteiger partial charge in [-0.15, -0.1) is 0 Å². The highest BCUT2D eigenvalue weighted by atomic mass is 16.5. The van der Waals surface area contributed by atoms with Gasteiger partial charge in [0.2, 0.25) is 0 Å². The van der Waals surface area contributed by atoms with Crippen molar-refractivity contribution in [3.8, 4) is 0 Å². The molecule has 5 nitrogen and oxygen atoms in total. The number of hydrogen-bond donors (Lipinski definition) is 1. The minimum atomic E-state index is -0.351. The van der Waals surface area contributed by atoms with E-state index in [4.69, 9.17) is 9.47 Å². The van der Waals surface area contributed by atoms with Gasteiger partial charge < -0.3 is 14.8 Å². The number of fused-ring (bicyclic) bond motifs is 3. The molecule has 1 heterocycles. The van der Waals surface area contributed by atoms with Crippen molar-refractivity contribution >= 4 is 17.6 Å². The summed E-state index contributed by atoms with van der Waals surface area (Å²) in [7, 11) is 0. The zero-order valence-electron chi connectivity index (χ0n) is 13.4. The molecule has 0 unspecified atom stereocenters. The van der Waals surface area contributed by atoms with Crippen LogP contribution in [0.1, 0.15) is 42.1 Å². The van der Waals surface area contributed by atoms with Gasteiger partial charge in [-0.3, -0.25) is 0 Å². The highest BCUT2D eigenvalue weighted by Gasteiger charge is 2.41. The number of benzene rings is 1. The predicted octanol–water partition coefficient (Wildman–Crippen LogP) is 2.88. The SMILES string of the molecule is CCOC(=O)c1ccc2c(c1)[C@H]1C=CC[C@@H]1[C@H](C(=O)OCC)N2. The lowest BCUT2D eigenvalue weighted by atomic mass is 9.79. The molecule has 3 atom stereocenters. The maximum Gasteiger partial charge on any atom is 0.338 e. The molecule has 0 spiro atoms. The van der Waals surface area contributed by atoms with E-state index in [1.165, 1.54) is 0 Å². The molecular weight excluding hydrogens is 294 g/mol. The third-order valence-electron chi connectivity index (χ3n) is 4.41. The van der Waals surface area contributed by atoms with Gasteiger partial charge in [-0.1, -0.05) is 12.2 Å². The average molecular weight is 315 g/mol. The number of ether oxygens (including phenoxy) is 2. The van der Waals surface area contributed by atoms with E-state index in [-0.39, 0.29) is 29.8 Å². The van der Waals surface area contributed by atoms with Crippen molar-refractivity contribution in [2.24, 2.45) is 5.92 Å². The number of allylic oxidation sites excluding steroid dienone is 2. The van der Waals surface area contributed by atoms with Crippen molar-refractivity contribution in [2.75, 3.05) is 18.5 Å². The molecule has 3 rings (SSSR count). The van der Waals surface area contributed by atoms with Crippen molar-refractivity contribution in [3.05, 3.63) is 41.5 Å². The van der Waals surface area contributed by atoms with Crippen LogP contribution >= 0.6 is 0 Å². The number of nitrogens with one attached hydrogen (secondary N) is 1. The normalized spacial score (nSPS) is 24.3. The zero-order valence-corrected chi connectivity index (χ0v) is 13.4. The Kier molecular flexibility index (Phi) is 4.37. The topological polar surface area (TPSA) is 64.6 Å². The van der Waals surface area contributed by atoms with Crippen LogP contribution in [0.4, 0.5) is 5.69 Å². The molecule has 23 heavy (non-hydrogen) atoms. The summed E-state index contributed by atoms with van der Waals surface area (Å²) in [6.07, 6.45) is 5.03. The Labute approximate surface area is 135 Å². The number of anilines is 1. The number of carbonyl (C=O) groups excluding carboxylic acids is 2. The lowest BCUT2D eigenvalue weighted by Crippen LogP contribution is -2.43.